The lowest BCUT2D eigenvalue weighted by Gasteiger charge is -2.25. The van der Waals surface area contributed by atoms with Gasteiger partial charge in [0.2, 0.25) is 5.89 Å². The van der Waals surface area contributed by atoms with E-state index < -0.39 is 5.97 Å². The van der Waals surface area contributed by atoms with Crippen molar-refractivity contribution in [3.63, 3.8) is 0 Å². The van der Waals surface area contributed by atoms with Crippen LogP contribution in [0.3, 0.4) is 0 Å². The summed E-state index contributed by atoms with van der Waals surface area (Å²) >= 11 is 0. The molecule has 1 fully saturated rings. The van der Waals surface area contributed by atoms with Crippen molar-refractivity contribution < 1.29 is 14.1 Å². The summed E-state index contributed by atoms with van der Waals surface area (Å²) in [5.41, 5.74) is 0. The predicted molar refractivity (Wildman–Crippen MR) is 50.3 cm³/mol. The molecule has 15 heavy (non-hydrogen) atoms. The lowest BCUT2D eigenvalue weighted by molar-refractivity contribution is 0.0508. The first-order valence-corrected chi connectivity index (χ1v) is 5.00. The summed E-state index contributed by atoms with van der Waals surface area (Å²) in [6.45, 7) is 3.99. The molecule has 82 valence electrons. The standard InChI is InChI=1S/C9H13N3O3/c1-2-14-9(13)8-11-7(15-12-8)3-6-4-10-5-6/h6,10H,2-5H2,1H3. The van der Waals surface area contributed by atoms with E-state index in [1.165, 1.54) is 0 Å². The van der Waals surface area contributed by atoms with Gasteiger partial charge in [0.1, 0.15) is 0 Å². The molecule has 0 bridgehead atoms. The molecule has 2 rings (SSSR count). The van der Waals surface area contributed by atoms with Crippen LogP contribution in [0.2, 0.25) is 0 Å². The molecule has 0 atom stereocenters. The number of esters is 1. The van der Waals surface area contributed by atoms with Crippen LogP contribution in [-0.2, 0) is 11.2 Å². The van der Waals surface area contributed by atoms with Gasteiger partial charge in [0.05, 0.1) is 6.61 Å². The number of carbonyl (C=O) groups is 1. The van der Waals surface area contributed by atoms with E-state index in [4.69, 9.17) is 9.26 Å². The molecule has 1 aromatic rings. The second-order valence-electron chi connectivity index (χ2n) is 3.46. The highest BCUT2D eigenvalue weighted by Gasteiger charge is 2.22. The maximum atomic E-state index is 11.2. The minimum Gasteiger partial charge on any atom is -0.460 e. The zero-order valence-electron chi connectivity index (χ0n) is 8.52. The fourth-order valence-corrected chi connectivity index (χ4v) is 1.36. The molecular weight excluding hydrogens is 198 g/mol. The molecule has 0 amide bonds. The van der Waals surface area contributed by atoms with Gasteiger partial charge in [-0.25, -0.2) is 4.79 Å². The first kappa shape index (κ1) is 10.1. The molecule has 0 aromatic carbocycles. The Hall–Kier alpha value is -1.43. The van der Waals surface area contributed by atoms with Crippen LogP contribution >= 0.6 is 0 Å². The Labute approximate surface area is 87.0 Å². The zero-order chi connectivity index (χ0) is 10.7. The van der Waals surface area contributed by atoms with Crippen molar-refractivity contribution in [3.05, 3.63) is 11.7 Å². The van der Waals surface area contributed by atoms with Crippen LogP contribution in [0.15, 0.2) is 4.52 Å². The van der Waals surface area contributed by atoms with E-state index in [0.29, 0.717) is 18.4 Å². The van der Waals surface area contributed by atoms with Crippen molar-refractivity contribution in [3.8, 4) is 0 Å². The van der Waals surface area contributed by atoms with Gasteiger partial charge in [0, 0.05) is 6.42 Å². The van der Waals surface area contributed by atoms with Gasteiger partial charge in [-0.1, -0.05) is 0 Å². The molecule has 0 radical (unpaired) electrons. The molecule has 6 nitrogen and oxygen atoms in total. The Morgan fingerprint density at radius 3 is 3.07 bits per heavy atom. The Kier molecular flexibility index (Phi) is 2.96. The first-order valence-electron chi connectivity index (χ1n) is 5.00. The number of carbonyl (C=O) groups excluding carboxylic acids is 1. The van der Waals surface area contributed by atoms with E-state index >= 15 is 0 Å². The fraction of sp³-hybridized carbons (Fsp3) is 0.667. The Balaban J connectivity index is 1.93. The molecule has 1 N–H and O–H groups in total. The molecule has 1 aliphatic heterocycles. The third-order valence-electron chi connectivity index (χ3n) is 2.26. The zero-order valence-corrected chi connectivity index (χ0v) is 8.52. The summed E-state index contributed by atoms with van der Waals surface area (Å²) in [6, 6.07) is 0. The number of aromatic nitrogens is 2. The van der Waals surface area contributed by atoms with Gasteiger partial charge < -0.3 is 14.6 Å². The van der Waals surface area contributed by atoms with Gasteiger partial charge in [-0.15, -0.1) is 0 Å². The van der Waals surface area contributed by atoms with E-state index in [1.54, 1.807) is 6.92 Å². The van der Waals surface area contributed by atoms with Crippen LogP contribution in [0.5, 0.6) is 0 Å². The first-order chi connectivity index (χ1) is 7.29. The number of hydrogen-bond donors (Lipinski definition) is 1. The van der Waals surface area contributed by atoms with E-state index in [9.17, 15) is 4.79 Å². The summed E-state index contributed by atoms with van der Waals surface area (Å²) < 4.78 is 9.70. The number of hydrogen-bond acceptors (Lipinski definition) is 6. The van der Waals surface area contributed by atoms with E-state index in [-0.39, 0.29) is 5.82 Å². The van der Waals surface area contributed by atoms with Gasteiger partial charge in [-0.3, -0.25) is 0 Å². The molecule has 1 saturated heterocycles. The summed E-state index contributed by atoms with van der Waals surface area (Å²) in [5, 5.41) is 6.71. The molecule has 0 aliphatic carbocycles. The summed E-state index contributed by atoms with van der Waals surface area (Å²) in [7, 11) is 0. The molecule has 0 saturated carbocycles. The second kappa shape index (κ2) is 4.39. The smallest absolute Gasteiger partial charge is 0.379 e. The molecule has 6 heteroatoms. The summed E-state index contributed by atoms with van der Waals surface area (Å²) in [6.07, 6.45) is 0.722. The quantitative estimate of drug-likeness (QED) is 0.707. The van der Waals surface area contributed by atoms with Crippen LogP contribution in [0, 0.1) is 5.92 Å². The number of nitrogens with one attached hydrogen (secondary N) is 1. The van der Waals surface area contributed by atoms with E-state index in [0.717, 1.165) is 19.5 Å². The lowest BCUT2D eigenvalue weighted by Crippen LogP contribution is -2.43. The predicted octanol–water partition coefficient (Wildman–Crippen LogP) is 0.00820. The van der Waals surface area contributed by atoms with Crippen LogP contribution < -0.4 is 5.32 Å². The highest BCUT2D eigenvalue weighted by atomic mass is 16.5. The van der Waals surface area contributed by atoms with E-state index in [1.807, 2.05) is 0 Å². The summed E-state index contributed by atoms with van der Waals surface area (Å²) in [4.78, 5) is 15.2. The maximum Gasteiger partial charge on any atom is 0.379 e. The van der Waals surface area contributed by atoms with Crippen molar-refractivity contribution in [1.29, 1.82) is 0 Å². The Bertz CT molecular complexity index is 346. The Morgan fingerprint density at radius 2 is 2.47 bits per heavy atom. The second-order valence-corrected chi connectivity index (χ2v) is 3.46. The molecule has 0 unspecified atom stereocenters. The van der Waals surface area contributed by atoms with Gasteiger partial charge in [0.15, 0.2) is 0 Å². The van der Waals surface area contributed by atoms with Gasteiger partial charge in [-0.2, -0.15) is 4.98 Å². The SMILES string of the molecule is CCOC(=O)c1noc(CC2CNC2)n1. The van der Waals surface area contributed by atoms with Gasteiger partial charge in [-0.05, 0) is 31.1 Å². The highest BCUT2D eigenvalue weighted by molar-refractivity contribution is 5.84. The van der Waals surface area contributed by atoms with Crippen molar-refractivity contribution in [2.24, 2.45) is 5.92 Å². The third-order valence-corrected chi connectivity index (χ3v) is 2.26. The molecule has 1 aliphatic rings. The molecule has 1 aromatic heterocycles. The highest BCUT2D eigenvalue weighted by Crippen LogP contribution is 2.11. The monoisotopic (exact) mass is 211 g/mol. The normalized spacial score (nSPS) is 16.1. The minimum atomic E-state index is -0.528. The lowest BCUT2D eigenvalue weighted by atomic mass is 10.00. The maximum absolute atomic E-state index is 11.2. The van der Waals surface area contributed by atoms with Crippen LogP contribution in [-0.4, -0.2) is 35.8 Å². The van der Waals surface area contributed by atoms with Crippen LogP contribution in [0.25, 0.3) is 0 Å². The molecule has 2 heterocycles. The van der Waals surface area contributed by atoms with E-state index in [2.05, 4.69) is 15.5 Å². The fourth-order valence-electron chi connectivity index (χ4n) is 1.36. The number of nitrogens with zero attached hydrogens (tertiary/aromatic N) is 2. The van der Waals surface area contributed by atoms with Crippen molar-refractivity contribution >= 4 is 5.97 Å². The van der Waals surface area contributed by atoms with Crippen molar-refractivity contribution in [2.45, 2.75) is 13.3 Å². The van der Waals surface area contributed by atoms with Crippen LogP contribution in [0.4, 0.5) is 0 Å². The molecular formula is C9H13N3O3. The van der Waals surface area contributed by atoms with Crippen LogP contribution in [0.1, 0.15) is 23.4 Å². The largest absolute Gasteiger partial charge is 0.460 e. The van der Waals surface area contributed by atoms with Crippen molar-refractivity contribution in [1.82, 2.24) is 15.5 Å². The number of ether oxygens (including phenoxy) is 1. The van der Waals surface area contributed by atoms with Gasteiger partial charge in [0.25, 0.3) is 5.82 Å². The Morgan fingerprint density at radius 1 is 1.67 bits per heavy atom. The van der Waals surface area contributed by atoms with Gasteiger partial charge >= 0.3 is 5.97 Å². The third kappa shape index (κ3) is 2.33. The molecule has 0 spiro atoms. The average Bonchev–Trinajstić information content (AvgIpc) is 2.60. The summed E-state index contributed by atoms with van der Waals surface area (Å²) in [5.74, 6) is 0.531. The minimum absolute atomic E-state index is 0.0131. The topological polar surface area (TPSA) is 77.2 Å². The van der Waals surface area contributed by atoms with Crippen molar-refractivity contribution in [2.75, 3.05) is 19.7 Å². The number of rotatable bonds is 4. The average molecular weight is 211 g/mol.